The average Bonchev–Trinajstić information content (AvgIpc) is 2.77. The number of hydrogen-bond donors (Lipinski definition) is 1. The van der Waals surface area contributed by atoms with Gasteiger partial charge in [0.05, 0.1) is 12.8 Å². The second kappa shape index (κ2) is 6.97. The fraction of sp³-hybridized carbons (Fsp3) is 0.357. The third-order valence-electron chi connectivity index (χ3n) is 2.95. The molecule has 6 nitrogen and oxygen atoms in total. The Morgan fingerprint density at radius 1 is 1.18 bits per heavy atom. The molecule has 0 unspecified atom stereocenters. The molecule has 1 aromatic heterocycles. The van der Waals surface area contributed by atoms with E-state index in [-0.39, 0.29) is 12.4 Å². The van der Waals surface area contributed by atoms with E-state index < -0.39 is 10.0 Å². The zero-order valence-electron chi connectivity index (χ0n) is 12.6. The zero-order valence-corrected chi connectivity index (χ0v) is 14.3. The summed E-state index contributed by atoms with van der Waals surface area (Å²) in [7, 11) is -1.89. The number of nitrogens with zero attached hydrogens (tertiary/aromatic N) is 1. The predicted octanol–water partition coefficient (Wildman–Crippen LogP) is 2.59. The normalized spacial score (nSPS) is 11.2. The fourth-order valence-electron chi connectivity index (χ4n) is 1.64. The van der Waals surface area contributed by atoms with Gasteiger partial charge in [-0.25, -0.2) is 13.4 Å². The lowest BCUT2D eigenvalue weighted by atomic mass is 10.3. The maximum atomic E-state index is 12.0. The molecule has 0 amide bonds. The highest BCUT2D eigenvalue weighted by molar-refractivity contribution is 7.92. The highest BCUT2D eigenvalue weighted by Gasteiger charge is 2.14. The van der Waals surface area contributed by atoms with Gasteiger partial charge in [-0.15, -0.1) is 11.3 Å². The van der Waals surface area contributed by atoms with Crippen LogP contribution >= 0.6 is 11.3 Å². The van der Waals surface area contributed by atoms with E-state index in [1.54, 1.807) is 31.4 Å². The standard InChI is InChI=1S/C14H18N2O4S2/c1-10-11(2)21-14(15-10)16-22(17,18)9-8-20-13-6-4-12(19-3)5-7-13/h4-7H,8-9H2,1-3H3,(H,15,16). The van der Waals surface area contributed by atoms with E-state index in [9.17, 15) is 8.42 Å². The molecule has 0 aliphatic rings. The van der Waals surface area contributed by atoms with Crippen molar-refractivity contribution in [2.45, 2.75) is 13.8 Å². The SMILES string of the molecule is COc1ccc(OCCS(=O)(=O)Nc2nc(C)c(C)s2)cc1. The van der Waals surface area contributed by atoms with Crippen molar-refractivity contribution in [1.82, 2.24) is 4.98 Å². The summed E-state index contributed by atoms with van der Waals surface area (Å²) in [4.78, 5) is 5.15. The maximum Gasteiger partial charge on any atom is 0.237 e. The number of ether oxygens (including phenoxy) is 2. The first-order valence-electron chi connectivity index (χ1n) is 6.61. The van der Waals surface area contributed by atoms with Crippen LogP contribution in [0.3, 0.4) is 0 Å². The first-order valence-corrected chi connectivity index (χ1v) is 9.08. The van der Waals surface area contributed by atoms with Crippen LogP contribution in [0.15, 0.2) is 24.3 Å². The molecule has 120 valence electrons. The summed E-state index contributed by atoms with van der Waals surface area (Å²) in [6.07, 6.45) is 0. The number of aromatic nitrogens is 1. The molecule has 0 bridgehead atoms. The Morgan fingerprint density at radius 2 is 1.82 bits per heavy atom. The fourth-order valence-corrected chi connectivity index (χ4v) is 3.57. The summed E-state index contributed by atoms with van der Waals surface area (Å²) in [6, 6.07) is 6.96. The number of sulfonamides is 1. The topological polar surface area (TPSA) is 77.5 Å². The molecule has 0 radical (unpaired) electrons. The molecule has 0 fully saturated rings. The van der Waals surface area contributed by atoms with Crippen LogP contribution < -0.4 is 14.2 Å². The first kappa shape index (κ1) is 16.6. The molecule has 1 heterocycles. The van der Waals surface area contributed by atoms with Gasteiger partial charge in [-0.1, -0.05) is 0 Å². The van der Waals surface area contributed by atoms with Crippen LogP contribution in [0.25, 0.3) is 0 Å². The molecule has 2 rings (SSSR count). The van der Waals surface area contributed by atoms with Gasteiger partial charge in [0, 0.05) is 4.88 Å². The number of nitrogens with one attached hydrogen (secondary N) is 1. The molecule has 0 atom stereocenters. The maximum absolute atomic E-state index is 12.0. The van der Waals surface area contributed by atoms with Crippen LogP contribution in [0.1, 0.15) is 10.6 Å². The Bertz CT molecular complexity index is 704. The van der Waals surface area contributed by atoms with E-state index in [1.807, 2.05) is 13.8 Å². The molecule has 0 aliphatic carbocycles. The number of thiazole rings is 1. The lowest BCUT2D eigenvalue weighted by Crippen LogP contribution is -2.21. The average molecular weight is 342 g/mol. The van der Waals surface area contributed by atoms with Gasteiger partial charge in [-0.05, 0) is 38.1 Å². The number of hydrogen-bond acceptors (Lipinski definition) is 6. The van der Waals surface area contributed by atoms with E-state index in [0.29, 0.717) is 10.9 Å². The third kappa shape index (κ3) is 4.60. The van der Waals surface area contributed by atoms with Gasteiger partial charge in [-0.2, -0.15) is 0 Å². The molecule has 1 N–H and O–H groups in total. The Kier molecular flexibility index (Phi) is 5.25. The quantitative estimate of drug-likeness (QED) is 0.837. The van der Waals surface area contributed by atoms with Gasteiger partial charge < -0.3 is 9.47 Å². The minimum atomic E-state index is -3.47. The Hall–Kier alpha value is -1.80. The van der Waals surface area contributed by atoms with E-state index >= 15 is 0 Å². The van der Waals surface area contributed by atoms with Crippen molar-refractivity contribution in [2.24, 2.45) is 0 Å². The number of anilines is 1. The monoisotopic (exact) mass is 342 g/mol. The highest BCUT2D eigenvalue weighted by atomic mass is 32.2. The Labute approximate surface area is 134 Å². The van der Waals surface area contributed by atoms with Crippen molar-refractivity contribution in [1.29, 1.82) is 0 Å². The molecule has 0 saturated heterocycles. The Balaban J connectivity index is 1.86. The number of methoxy groups -OCH3 is 1. The smallest absolute Gasteiger partial charge is 0.237 e. The number of rotatable bonds is 7. The van der Waals surface area contributed by atoms with Gasteiger partial charge in [0.2, 0.25) is 10.0 Å². The van der Waals surface area contributed by atoms with Crippen LogP contribution in [-0.4, -0.2) is 32.9 Å². The van der Waals surface area contributed by atoms with Crippen molar-refractivity contribution >= 4 is 26.5 Å². The number of benzene rings is 1. The van der Waals surface area contributed by atoms with Crippen LogP contribution in [-0.2, 0) is 10.0 Å². The summed E-state index contributed by atoms with van der Waals surface area (Å²) in [5, 5.41) is 0.388. The van der Waals surface area contributed by atoms with Crippen LogP contribution in [0.2, 0.25) is 0 Å². The van der Waals surface area contributed by atoms with Crippen molar-refractivity contribution in [2.75, 3.05) is 24.2 Å². The van der Waals surface area contributed by atoms with Gasteiger partial charge >= 0.3 is 0 Å². The molecule has 0 saturated carbocycles. The molecule has 22 heavy (non-hydrogen) atoms. The van der Waals surface area contributed by atoms with E-state index in [4.69, 9.17) is 9.47 Å². The van der Waals surface area contributed by atoms with Crippen LogP contribution in [0, 0.1) is 13.8 Å². The molecular weight excluding hydrogens is 324 g/mol. The zero-order chi connectivity index (χ0) is 16.2. The highest BCUT2D eigenvalue weighted by Crippen LogP contribution is 2.22. The van der Waals surface area contributed by atoms with E-state index in [2.05, 4.69) is 9.71 Å². The van der Waals surface area contributed by atoms with Gasteiger partial charge in [0.25, 0.3) is 0 Å². The summed E-state index contributed by atoms with van der Waals surface area (Å²) >= 11 is 1.32. The molecule has 0 aliphatic heterocycles. The number of aryl methyl sites for hydroxylation is 2. The van der Waals surface area contributed by atoms with Gasteiger partial charge in [0.1, 0.15) is 23.9 Å². The largest absolute Gasteiger partial charge is 0.497 e. The lowest BCUT2D eigenvalue weighted by Gasteiger charge is -2.08. The van der Waals surface area contributed by atoms with Crippen molar-refractivity contribution < 1.29 is 17.9 Å². The van der Waals surface area contributed by atoms with Gasteiger partial charge in [-0.3, -0.25) is 4.72 Å². The molecule has 1 aromatic carbocycles. The van der Waals surface area contributed by atoms with Crippen LogP contribution in [0.4, 0.5) is 5.13 Å². The predicted molar refractivity (Wildman–Crippen MR) is 87.5 cm³/mol. The molecule has 2 aromatic rings. The van der Waals surface area contributed by atoms with Crippen molar-refractivity contribution in [3.63, 3.8) is 0 Å². The second-order valence-electron chi connectivity index (χ2n) is 4.61. The van der Waals surface area contributed by atoms with Crippen molar-refractivity contribution in [3.8, 4) is 11.5 Å². The first-order chi connectivity index (χ1) is 10.4. The van der Waals surface area contributed by atoms with E-state index in [1.165, 1.54) is 11.3 Å². The minimum Gasteiger partial charge on any atom is -0.497 e. The minimum absolute atomic E-state index is 0.0605. The lowest BCUT2D eigenvalue weighted by molar-refractivity contribution is 0.340. The Morgan fingerprint density at radius 3 is 2.36 bits per heavy atom. The van der Waals surface area contributed by atoms with Crippen LogP contribution in [0.5, 0.6) is 11.5 Å². The van der Waals surface area contributed by atoms with Gasteiger partial charge in [0.15, 0.2) is 5.13 Å². The second-order valence-corrected chi connectivity index (χ2v) is 7.65. The molecule has 8 heteroatoms. The molecular formula is C14H18N2O4S2. The summed E-state index contributed by atoms with van der Waals surface area (Å²) in [5.41, 5.74) is 0.831. The van der Waals surface area contributed by atoms with E-state index in [0.717, 1.165) is 16.3 Å². The van der Waals surface area contributed by atoms with Crippen molar-refractivity contribution in [3.05, 3.63) is 34.8 Å². The molecule has 0 spiro atoms. The summed E-state index contributed by atoms with van der Waals surface area (Å²) in [5.74, 6) is 1.17. The third-order valence-corrected chi connectivity index (χ3v) is 5.28. The summed E-state index contributed by atoms with van der Waals surface area (Å²) < 4.78 is 36.9. The summed E-state index contributed by atoms with van der Waals surface area (Å²) in [6.45, 7) is 3.80.